The summed E-state index contributed by atoms with van der Waals surface area (Å²) < 4.78 is 6.61. The molecule has 4 heteroatoms. The van der Waals surface area contributed by atoms with Gasteiger partial charge in [0.15, 0.2) is 0 Å². The van der Waals surface area contributed by atoms with Crippen LogP contribution in [0.1, 0.15) is 50.5 Å². The van der Waals surface area contributed by atoms with E-state index in [1.54, 1.807) is 7.11 Å². The Bertz CT molecular complexity index is 514. The van der Waals surface area contributed by atoms with E-state index in [9.17, 15) is 0 Å². The maximum absolute atomic E-state index is 5.51. The van der Waals surface area contributed by atoms with Gasteiger partial charge < -0.3 is 4.74 Å². The number of hydrazine groups is 1. The largest absolute Gasteiger partial charge is 0.497 e. The average molecular weight is 367 g/mol. The fourth-order valence-electron chi connectivity index (χ4n) is 4.25. The average Bonchev–Trinajstić information content (AvgIpc) is 2.74. The summed E-state index contributed by atoms with van der Waals surface area (Å²) in [5, 5.41) is 2.26. The van der Waals surface area contributed by atoms with E-state index in [2.05, 4.69) is 45.5 Å². The quantitative estimate of drug-likeness (QED) is 0.798. The number of ether oxygens (including phenoxy) is 1. The van der Waals surface area contributed by atoms with Gasteiger partial charge in [0.25, 0.3) is 0 Å². The zero-order valence-corrected chi connectivity index (χ0v) is 15.3. The lowest BCUT2D eigenvalue weighted by Crippen LogP contribution is -2.47. The third kappa shape index (κ3) is 3.19. The van der Waals surface area contributed by atoms with Gasteiger partial charge in [0.05, 0.1) is 12.6 Å². The highest BCUT2D eigenvalue weighted by Crippen LogP contribution is 2.45. The van der Waals surface area contributed by atoms with E-state index in [1.807, 2.05) is 6.07 Å². The molecule has 1 atom stereocenters. The molecular formula is C18H27BrN2O. The van der Waals surface area contributed by atoms with E-state index in [-0.39, 0.29) is 5.54 Å². The van der Waals surface area contributed by atoms with Gasteiger partial charge in [-0.05, 0) is 48.9 Å². The van der Waals surface area contributed by atoms with Crippen LogP contribution in [0.2, 0.25) is 0 Å². The fraction of sp³-hybridized carbons (Fsp3) is 0.667. The minimum atomic E-state index is 0.0656. The van der Waals surface area contributed by atoms with Crippen LogP contribution < -0.4 is 10.2 Å². The second-order valence-corrected chi connectivity index (χ2v) is 7.74. The molecule has 1 unspecified atom stereocenters. The van der Waals surface area contributed by atoms with Crippen LogP contribution in [0.3, 0.4) is 0 Å². The molecule has 1 aromatic carbocycles. The van der Waals surface area contributed by atoms with Crippen LogP contribution in [0.4, 0.5) is 0 Å². The molecule has 0 radical (unpaired) electrons. The number of nitrogens with one attached hydrogen (secondary N) is 1. The predicted molar refractivity (Wildman–Crippen MR) is 93.9 cm³/mol. The molecule has 1 aliphatic heterocycles. The van der Waals surface area contributed by atoms with Gasteiger partial charge in [0.1, 0.15) is 5.75 Å². The molecule has 0 spiro atoms. The van der Waals surface area contributed by atoms with Crippen molar-refractivity contribution in [2.75, 3.05) is 20.7 Å². The summed E-state index contributed by atoms with van der Waals surface area (Å²) in [6.45, 7) is 1.10. The van der Waals surface area contributed by atoms with E-state index in [4.69, 9.17) is 4.74 Å². The SMILES string of the molecule is COc1cc(Br)cc(C2(C3CCCCCC3)CCN(C)N2)c1. The Morgan fingerprint density at radius 2 is 1.91 bits per heavy atom. The molecular weight excluding hydrogens is 340 g/mol. The lowest BCUT2D eigenvalue weighted by Gasteiger charge is -2.39. The minimum Gasteiger partial charge on any atom is -0.497 e. The van der Waals surface area contributed by atoms with Crippen molar-refractivity contribution in [1.29, 1.82) is 0 Å². The number of halogens is 1. The molecule has 2 fully saturated rings. The molecule has 1 saturated carbocycles. The monoisotopic (exact) mass is 366 g/mol. The van der Waals surface area contributed by atoms with Crippen molar-refractivity contribution in [3.05, 3.63) is 28.2 Å². The van der Waals surface area contributed by atoms with Crippen LogP contribution in [0, 0.1) is 5.92 Å². The minimum absolute atomic E-state index is 0.0656. The molecule has 22 heavy (non-hydrogen) atoms. The summed E-state index contributed by atoms with van der Waals surface area (Å²) in [4.78, 5) is 0. The third-order valence-corrected chi connectivity index (χ3v) is 5.86. The molecule has 1 aromatic rings. The zero-order chi connectivity index (χ0) is 15.6. The van der Waals surface area contributed by atoms with Gasteiger partial charge in [-0.1, -0.05) is 41.6 Å². The fourth-order valence-corrected chi connectivity index (χ4v) is 4.72. The second-order valence-electron chi connectivity index (χ2n) is 6.82. The van der Waals surface area contributed by atoms with Crippen molar-refractivity contribution < 1.29 is 4.74 Å². The van der Waals surface area contributed by atoms with Crippen molar-refractivity contribution in [3.63, 3.8) is 0 Å². The standard InChI is InChI=1S/C18H27BrN2O/c1-21-10-9-18(20-21,14-7-5-3-4-6-8-14)15-11-16(19)13-17(12-15)22-2/h11-14,20H,3-10H2,1-2H3. The van der Waals surface area contributed by atoms with Crippen LogP contribution in [-0.4, -0.2) is 25.7 Å². The first-order chi connectivity index (χ1) is 10.6. The number of rotatable bonds is 3. The molecule has 122 valence electrons. The molecule has 3 nitrogen and oxygen atoms in total. The Hall–Kier alpha value is -0.580. The number of methoxy groups -OCH3 is 1. The van der Waals surface area contributed by atoms with E-state index in [0.717, 1.165) is 16.8 Å². The molecule has 0 aromatic heterocycles. The number of benzene rings is 1. The summed E-state index contributed by atoms with van der Waals surface area (Å²) in [5.74, 6) is 1.65. The highest BCUT2D eigenvalue weighted by atomic mass is 79.9. The van der Waals surface area contributed by atoms with Gasteiger partial charge >= 0.3 is 0 Å². The summed E-state index contributed by atoms with van der Waals surface area (Å²) in [5.41, 5.74) is 5.25. The van der Waals surface area contributed by atoms with E-state index in [1.165, 1.54) is 50.5 Å². The molecule has 1 saturated heterocycles. The summed E-state index contributed by atoms with van der Waals surface area (Å²) in [6.07, 6.45) is 9.35. The highest BCUT2D eigenvalue weighted by Gasteiger charge is 2.44. The van der Waals surface area contributed by atoms with Crippen LogP contribution >= 0.6 is 15.9 Å². The predicted octanol–water partition coefficient (Wildman–Crippen LogP) is 4.46. The smallest absolute Gasteiger partial charge is 0.120 e. The van der Waals surface area contributed by atoms with E-state index < -0.39 is 0 Å². The van der Waals surface area contributed by atoms with Crippen molar-refractivity contribution in [3.8, 4) is 5.75 Å². The lowest BCUT2D eigenvalue weighted by molar-refractivity contribution is 0.151. The van der Waals surface area contributed by atoms with Crippen molar-refractivity contribution in [2.45, 2.75) is 50.5 Å². The number of nitrogens with zero attached hydrogens (tertiary/aromatic N) is 1. The molecule has 0 amide bonds. The van der Waals surface area contributed by atoms with E-state index >= 15 is 0 Å². The summed E-state index contributed by atoms with van der Waals surface area (Å²) >= 11 is 3.66. The van der Waals surface area contributed by atoms with Crippen molar-refractivity contribution >= 4 is 15.9 Å². The normalized spacial score (nSPS) is 27.8. The Balaban J connectivity index is 2.00. The van der Waals surface area contributed by atoms with Gasteiger partial charge in [-0.3, -0.25) is 0 Å². The van der Waals surface area contributed by atoms with Crippen LogP contribution in [0.25, 0.3) is 0 Å². The molecule has 3 rings (SSSR count). The first-order valence-electron chi connectivity index (χ1n) is 8.48. The summed E-state index contributed by atoms with van der Waals surface area (Å²) in [6, 6.07) is 6.55. The van der Waals surface area contributed by atoms with Gasteiger partial charge in [-0.2, -0.15) is 0 Å². The van der Waals surface area contributed by atoms with Crippen molar-refractivity contribution in [2.24, 2.45) is 5.92 Å². The Morgan fingerprint density at radius 1 is 1.18 bits per heavy atom. The Labute approximate surface area is 142 Å². The van der Waals surface area contributed by atoms with Gasteiger partial charge in [0, 0.05) is 18.1 Å². The maximum Gasteiger partial charge on any atom is 0.120 e. The third-order valence-electron chi connectivity index (χ3n) is 5.41. The van der Waals surface area contributed by atoms with Gasteiger partial charge in [-0.25, -0.2) is 10.4 Å². The number of hydrogen-bond acceptors (Lipinski definition) is 3. The number of hydrogen-bond donors (Lipinski definition) is 1. The van der Waals surface area contributed by atoms with Crippen LogP contribution in [0.15, 0.2) is 22.7 Å². The molecule has 1 aliphatic carbocycles. The lowest BCUT2D eigenvalue weighted by atomic mass is 9.73. The first-order valence-corrected chi connectivity index (χ1v) is 9.27. The summed E-state index contributed by atoms with van der Waals surface area (Å²) in [7, 11) is 3.91. The Morgan fingerprint density at radius 3 is 2.50 bits per heavy atom. The molecule has 2 aliphatic rings. The molecule has 1 heterocycles. The van der Waals surface area contributed by atoms with Gasteiger partial charge in [-0.15, -0.1) is 0 Å². The molecule has 1 N–H and O–H groups in total. The Kier molecular flexibility index (Phi) is 5.10. The maximum atomic E-state index is 5.51. The van der Waals surface area contributed by atoms with Crippen LogP contribution in [0.5, 0.6) is 5.75 Å². The molecule has 0 bridgehead atoms. The van der Waals surface area contributed by atoms with Crippen molar-refractivity contribution in [1.82, 2.24) is 10.4 Å². The topological polar surface area (TPSA) is 24.5 Å². The zero-order valence-electron chi connectivity index (χ0n) is 13.7. The first kappa shape index (κ1) is 16.3. The van der Waals surface area contributed by atoms with Crippen LogP contribution in [-0.2, 0) is 5.54 Å². The van der Waals surface area contributed by atoms with E-state index in [0.29, 0.717) is 5.92 Å². The van der Waals surface area contributed by atoms with Gasteiger partial charge in [0.2, 0.25) is 0 Å². The second kappa shape index (κ2) is 6.90. The highest BCUT2D eigenvalue weighted by molar-refractivity contribution is 9.10.